The lowest BCUT2D eigenvalue weighted by molar-refractivity contribution is 0.602. The van der Waals surface area contributed by atoms with Crippen LogP contribution in [-0.2, 0) is 10.0 Å². The molecule has 0 unspecified atom stereocenters. The second-order valence-corrected chi connectivity index (χ2v) is 6.69. The Kier molecular flexibility index (Phi) is 3.07. The van der Waals surface area contributed by atoms with Crippen molar-refractivity contribution in [1.29, 1.82) is 0 Å². The first-order valence-electron chi connectivity index (χ1n) is 5.77. The van der Waals surface area contributed by atoms with Crippen LogP contribution in [0.4, 0.5) is 10.8 Å². The minimum atomic E-state index is -3.68. The largest absolute Gasteiger partial charge is 0.398 e. The van der Waals surface area contributed by atoms with Gasteiger partial charge in [-0.1, -0.05) is 24.3 Å². The number of nitrogens with zero attached hydrogens (tertiary/aromatic N) is 1. The molecule has 0 aliphatic carbocycles. The molecule has 0 amide bonds. The Balaban J connectivity index is 2.17. The number of sulfonamides is 1. The van der Waals surface area contributed by atoms with E-state index >= 15 is 0 Å². The van der Waals surface area contributed by atoms with Gasteiger partial charge in [0.15, 0.2) is 5.13 Å². The Morgan fingerprint density at radius 3 is 2.55 bits per heavy atom. The molecule has 3 rings (SSSR count). The fourth-order valence-corrected chi connectivity index (χ4v) is 3.97. The lowest BCUT2D eigenvalue weighted by Crippen LogP contribution is -2.13. The molecule has 1 heterocycles. The third kappa shape index (κ3) is 2.21. The Morgan fingerprint density at radius 2 is 1.85 bits per heavy atom. The zero-order valence-electron chi connectivity index (χ0n) is 10.3. The first-order valence-corrected chi connectivity index (χ1v) is 8.14. The number of rotatable bonds is 3. The quantitative estimate of drug-likeness (QED) is 0.729. The monoisotopic (exact) mass is 305 g/mol. The first-order chi connectivity index (χ1) is 9.58. The van der Waals surface area contributed by atoms with Gasteiger partial charge in [-0.3, -0.25) is 4.72 Å². The smallest absolute Gasteiger partial charge is 0.264 e. The minimum absolute atomic E-state index is 0.192. The predicted octanol–water partition coefficient (Wildman–Crippen LogP) is 2.68. The third-order valence-corrected chi connectivity index (χ3v) is 5.08. The van der Waals surface area contributed by atoms with Gasteiger partial charge in [-0.15, -0.1) is 11.3 Å². The van der Waals surface area contributed by atoms with Gasteiger partial charge in [0.1, 0.15) is 0 Å². The Bertz CT molecular complexity index is 858. The van der Waals surface area contributed by atoms with Crippen LogP contribution in [0, 0.1) is 0 Å². The number of hydrogen-bond acceptors (Lipinski definition) is 5. The van der Waals surface area contributed by atoms with Crippen LogP contribution in [0.3, 0.4) is 0 Å². The van der Waals surface area contributed by atoms with Crippen molar-refractivity contribution >= 4 is 43.0 Å². The molecular formula is C13H11N3O2S2. The van der Waals surface area contributed by atoms with Crippen molar-refractivity contribution in [2.24, 2.45) is 0 Å². The lowest BCUT2D eigenvalue weighted by atomic mass is 10.1. The summed E-state index contributed by atoms with van der Waals surface area (Å²) in [6, 6.07) is 10.2. The van der Waals surface area contributed by atoms with Crippen LogP contribution in [0.5, 0.6) is 0 Å². The number of anilines is 2. The molecule has 0 radical (unpaired) electrons. The second kappa shape index (κ2) is 4.77. The summed E-state index contributed by atoms with van der Waals surface area (Å²) in [7, 11) is -3.68. The van der Waals surface area contributed by atoms with Gasteiger partial charge in [0, 0.05) is 28.0 Å². The van der Waals surface area contributed by atoms with Gasteiger partial charge in [0.25, 0.3) is 10.0 Å². The molecule has 0 aliphatic heterocycles. The highest BCUT2D eigenvalue weighted by molar-refractivity contribution is 7.93. The first kappa shape index (κ1) is 12.9. The van der Waals surface area contributed by atoms with Gasteiger partial charge in [-0.05, 0) is 12.1 Å². The van der Waals surface area contributed by atoms with Gasteiger partial charge in [0.2, 0.25) is 0 Å². The van der Waals surface area contributed by atoms with Crippen molar-refractivity contribution in [2.45, 2.75) is 4.90 Å². The van der Waals surface area contributed by atoms with Crippen molar-refractivity contribution in [3.8, 4) is 0 Å². The number of aromatic nitrogens is 1. The topological polar surface area (TPSA) is 85.1 Å². The van der Waals surface area contributed by atoms with Gasteiger partial charge in [-0.25, -0.2) is 13.4 Å². The van der Waals surface area contributed by atoms with Crippen molar-refractivity contribution in [1.82, 2.24) is 4.98 Å². The third-order valence-electron chi connectivity index (χ3n) is 2.86. The summed E-state index contributed by atoms with van der Waals surface area (Å²) in [5.41, 5.74) is 6.43. The van der Waals surface area contributed by atoms with Gasteiger partial charge in [-0.2, -0.15) is 0 Å². The van der Waals surface area contributed by atoms with E-state index in [1.54, 1.807) is 35.8 Å². The van der Waals surface area contributed by atoms with Crippen LogP contribution in [-0.4, -0.2) is 13.4 Å². The van der Waals surface area contributed by atoms with Gasteiger partial charge in [0.05, 0.1) is 4.90 Å². The zero-order valence-corrected chi connectivity index (χ0v) is 11.9. The molecule has 20 heavy (non-hydrogen) atoms. The Morgan fingerprint density at radius 1 is 1.10 bits per heavy atom. The highest BCUT2D eigenvalue weighted by Crippen LogP contribution is 2.29. The van der Waals surface area contributed by atoms with Crippen LogP contribution in [0.25, 0.3) is 10.8 Å². The molecule has 0 atom stereocenters. The summed E-state index contributed by atoms with van der Waals surface area (Å²) in [5, 5.41) is 3.36. The average Bonchev–Trinajstić information content (AvgIpc) is 2.91. The van der Waals surface area contributed by atoms with E-state index in [2.05, 4.69) is 9.71 Å². The van der Waals surface area contributed by atoms with Crippen LogP contribution >= 0.6 is 11.3 Å². The maximum atomic E-state index is 12.4. The fraction of sp³-hybridized carbons (Fsp3) is 0. The number of fused-ring (bicyclic) bond motifs is 1. The predicted molar refractivity (Wildman–Crippen MR) is 81.3 cm³/mol. The number of hydrogen-bond donors (Lipinski definition) is 2. The van der Waals surface area contributed by atoms with Crippen molar-refractivity contribution in [3.05, 3.63) is 48.0 Å². The normalized spacial score (nSPS) is 11.6. The molecule has 3 N–H and O–H groups in total. The zero-order chi connectivity index (χ0) is 14.2. The second-order valence-electron chi connectivity index (χ2n) is 4.14. The standard InChI is InChI=1S/C13H11N3O2S2/c14-11-5-6-12(10-4-2-1-3-9(10)11)20(17,18)16-13-15-7-8-19-13/h1-8H,14H2,(H,15,16). The molecule has 2 aromatic carbocycles. The molecule has 0 spiro atoms. The molecule has 1 aromatic heterocycles. The lowest BCUT2D eigenvalue weighted by Gasteiger charge is -2.10. The van der Waals surface area contributed by atoms with Crippen molar-refractivity contribution in [3.63, 3.8) is 0 Å². The highest BCUT2D eigenvalue weighted by atomic mass is 32.2. The van der Waals surface area contributed by atoms with Gasteiger partial charge >= 0.3 is 0 Å². The molecule has 0 bridgehead atoms. The van der Waals surface area contributed by atoms with E-state index in [9.17, 15) is 8.42 Å². The number of benzene rings is 2. The van der Waals surface area contributed by atoms with Crippen LogP contribution in [0.1, 0.15) is 0 Å². The number of thiazole rings is 1. The summed E-state index contributed by atoms with van der Waals surface area (Å²) in [5.74, 6) is 0. The van der Waals surface area contributed by atoms with Crippen molar-refractivity contribution < 1.29 is 8.42 Å². The van der Waals surface area contributed by atoms with Crippen LogP contribution < -0.4 is 10.5 Å². The van der Waals surface area contributed by atoms with E-state index in [1.807, 2.05) is 6.07 Å². The van der Waals surface area contributed by atoms with E-state index < -0.39 is 10.0 Å². The average molecular weight is 305 g/mol. The number of nitrogens with one attached hydrogen (secondary N) is 1. The van der Waals surface area contributed by atoms with E-state index in [0.717, 1.165) is 5.39 Å². The summed E-state index contributed by atoms with van der Waals surface area (Å²) < 4.78 is 27.3. The SMILES string of the molecule is Nc1ccc(S(=O)(=O)Nc2nccs2)c2ccccc12. The molecule has 7 heteroatoms. The molecule has 0 saturated carbocycles. The van der Waals surface area contributed by atoms with Crippen molar-refractivity contribution in [2.75, 3.05) is 10.5 Å². The summed E-state index contributed by atoms with van der Waals surface area (Å²) in [6.07, 6.45) is 1.55. The summed E-state index contributed by atoms with van der Waals surface area (Å²) in [4.78, 5) is 4.12. The highest BCUT2D eigenvalue weighted by Gasteiger charge is 2.19. The molecule has 0 saturated heterocycles. The van der Waals surface area contributed by atoms with E-state index in [1.165, 1.54) is 17.4 Å². The fourth-order valence-electron chi connectivity index (χ4n) is 1.97. The van der Waals surface area contributed by atoms with E-state index in [0.29, 0.717) is 16.2 Å². The van der Waals surface area contributed by atoms with Gasteiger partial charge < -0.3 is 5.73 Å². The van der Waals surface area contributed by atoms with E-state index in [4.69, 9.17) is 5.73 Å². The molecule has 0 aliphatic rings. The molecule has 0 fully saturated rings. The molecule has 5 nitrogen and oxygen atoms in total. The minimum Gasteiger partial charge on any atom is -0.398 e. The maximum Gasteiger partial charge on any atom is 0.264 e. The number of nitrogens with two attached hydrogens (primary N) is 1. The summed E-state index contributed by atoms with van der Waals surface area (Å²) in [6.45, 7) is 0. The van der Waals surface area contributed by atoms with Crippen LogP contribution in [0.2, 0.25) is 0 Å². The maximum absolute atomic E-state index is 12.4. The summed E-state index contributed by atoms with van der Waals surface area (Å²) >= 11 is 1.23. The molecule has 102 valence electrons. The molecular weight excluding hydrogens is 294 g/mol. The van der Waals surface area contributed by atoms with E-state index in [-0.39, 0.29) is 4.90 Å². The Labute approximate surface area is 120 Å². The number of nitrogen functional groups attached to an aromatic ring is 1. The Hall–Kier alpha value is -2.12. The molecule has 3 aromatic rings. The van der Waals surface area contributed by atoms with Crippen LogP contribution in [0.15, 0.2) is 52.9 Å².